The molecule has 0 radical (unpaired) electrons. The lowest BCUT2D eigenvalue weighted by molar-refractivity contribution is 0.508. The third kappa shape index (κ3) is 2.03. The average Bonchev–Trinajstić information content (AvgIpc) is 2.70. The maximum absolute atomic E-state index is 8.85. The Labute approximate surface area is 102 Å². The molecule has 17 heavy (non-hydrogen) atoms. The Morgan fingerprint density at radius 3 is 2.71 bits per heavy atom. The molecule has 0 bridgehead atoms. The summed E-state index contributed by atoms with van der Waals surface area (Å²) in [5, 5.41) is 8.85. The molecule has 0 aliphatic rings. The van der Waals surface area contributed by atoms with Crippen LogP contribution in [0.5, 0.6) is 0 Å². The largest absolute Gasteiger partial charge is 0.326 e. The summed E-state index contributed by atoms with van der Waals surface area (Å²) in [7, 11) is 0. The van der Waals surface area contributed by atoms with Crippen LogP contribution in [0.25, 0.3) is 11.0 Å². The molecule has 3 nitrogen and oxygen atoms in total. The molecule has 1 aromatic carbocycles. The van der Waals surface area contributed by atoms with Crippen LogP contribution < -0.4 is 0 Å². The summed E-state index contributed by atoms with van der Waals surface area (Å²) in [5.41, 5.74) is 4.68. The fraction of sp³-hybridized carbons (Fsp3) is 0.429. The fourth-order valence-corrected chi connectivity index (χ4v) is 2.12. The van der Waals surface area contributed by atoms with E-state index in [4.69, 9.17) is 5.26 Å². The van der Waals surface area contributed by atoms with Crippen molar-refractivity contribution in [2.24, 2.45) is 0 Å². The predicted molar refractivity (Wildman–Crippen MR) is 68.8 cm³/mol. The summed E-state index contributed by atoms with van der Waals surface area (Å²) in [6.45, 7) is 6.31. The molecule has 1 heterocycles. The van der Waals surface area contributed by atoms with E-state index >= 15 is 0 Å². The zero-order chi connectivity index (χ0) is 12.4. The lowest BCUT2D eigenvalue weighted by Crippen LogP contribution is -2.06. The molecule has 0 aliphatic heterocycles. The van der Waals surface area contributed by atoms with Crippen LogP contribution in [0.1, 0.15) is 36.9 Å². The molecule has 1 atom stereocenters. The van der Waals surface area contributed by atoms with E-state index in [0.29, 0.717) is 6.42 Å². The van der Waals surface area contributed by atoms with Crippen molar-refractivity contribution in [3.63, 3.8) is 0 Å². The lowest BCUT2D eigenvalue weighted by atomic mass is 10.1. The smallest absolute Gasteiger partial charge is 0.0961 e. The highest BCUT2D eigenvalue weighted by Crippen LogP contribution is 2.24. The van der Waals surface area contributed by atoms with E-state index in [0.717, 1.165) is 17.5 Å². The van der Waals surface area contributed by atoms with Gasteiger partial charge in [-0.1, -0.05) is 6.92 Å². The van der Waals surface area contributed by atoms with Crippen molar-refractivity contribution < 1.29 is 0 Å². The average molecular weight is 227 g/mol. The molecular formula is C14H17N3. The number of fused-ring (bicyclic) bond motifs is 1. The first-order valence-electron chi connectivity index (χ1n) is 5.98. The fourth-order valence-electron chi connectivity index (χ4n) is 2.12. The highest BCUT2D eigenvalue weighted by Gasteiger charge is 2.12. The molecule has 1 unspecified atom stereocenters. The summed E-state index contributed by atoms with van der Waals surface area (Å²) < 4.78 is 2.13. The maximum Gasteiger partial charge on any atom is 0.0961 e. The van der Waals surface area contributed by atoms with E-state index in [1.54, 1.807) is 0 Å². The monoisotopic (exact) mass is 227 g/mol. The van der Waals surface area contributed by atoms with Gasteiger partial charge in [0.25, 0.3) is 0 Å². The Bertz CT molecular complexity index is 575. The first-order valence-corrected chi connectivity index (χ1v) is 5.98. The third-order valence-electron chi connectivity index (χ3n) is 3.38. The van der Waals surface area contributed by atoms with Crippen LogP contribution in [0.15, 0.2) is 18.5 Å². The first-order chi connectivity index (χ1) is 8.17. The van der Waals surface area contributed by atoms with Crippen molar-refractivity contribution in [1.29, 1.82) is 5.26 Å². The molecule has 2 rings (SSSR count). The van der Waals surface area contributed by atoms with E-state index in [2.05, 4.69) is 48.5 Å². The van der Waals surface area contributed by atoms with Crippen molar-refractivity contribution in [3.05, 3.63) is 29.6 Å². The summed E-state index contributed by atoms with van der Waals surface area (Å²) in [4.78, 5) is 4.43. The minimum atomic E-state index is 0.229. The number of nitriles is 1. The summed E-state index contributed by atoms with van der Waals surface area (Å²) >= 11 is 0. The van der Waals surface area contributed by atoms with Gasteiger partial charge in [-0.05, 0) is 43.5 Å². The molecule has 0 aliphatic carbocycles. The molecule has 1 aromatic heterocycles. The van der Waals surface area contributed by atoms with E-state index < -0.39 is 0 Å². The van der Waals surface area contributed by atoms with E-state index in [-0.39, 0.29) is 6.04 Å². The number of aryl methyl sites for hydroxylation is 2. The lowest BCUT2D eigenvalue weighted by Gasteiger charge is -2.14. The summed E-state index contributed by atoms with van der Waals surface area (Å²) in [6, 6.07) is 6.75. The van der Waals surface area contributed by atoms with Crippen LogP contribution in [-0.2, 0) is 0 Å². The molecule has 2 aromatic rings. The second-order valence-corrected chi connectivity index (χ2v) is 4.50. The van der Waals surface area contributed by atoms with Crippen LogP contribution in [0, 0.1) is 25.2 Å². The van der Waals surface area contributed by atoms with Gasteiger partial charge in [-0.15, -0.1) is 0 Å². The van der Waals surface area contributed by atoms with Crippen molar-refractivity contribution in [1.82, 2.24) is 9.55 Å². The molecule has 88 valence electrons. The quantitative estimate of drug-likeness (QED) is 0.805. The second-order valence-electron chi connectivity index (χ2n) is 4.50. The Balaban J connectivity index is 2.55. The van der Waals surface area contributed by atoms with Crippen molar-refractivity contribution in [2.45, 2.75) is 39.7 Å². The molecule has 0 saturated heterocycles. The number of nitrogens with zero attached hydrogens (tertiary/aromatic N) is 3. The van der Waals surface area contributed by atoms with Crippen LogP contribution in [-0.4, -0.2) is 9.55 Å². The van der Waals surface area contributed by atoms with Gasteiger partial charge in [0.15, 0.2) is 0 Å². The van der Waals surface area contributed by atoms with Gasteiger partial charge in [-0.25, -0.2) is 4.98 Å². The number of imidazole rings is 1. The van der Waals surface area contributed by atoms with E-state index in [1.165, 1.54) is 11.1 Å². The number of hydrogen-bond acceptors (Lipinski definition) is 2. The van der Waals surface area contributed by atoms with Crippen molar-refractivity contribution >= 4 is 11.0 Å². The van der Waals surface area contributed by atoms with Crippen LogP contribution in [0.3, 0.4) is 0 Å². The van der Waals surface area contributed by atoms with Gasteiger partial charge in [-0.2, -0.15) is 5.26 Å². The molecule has 0 N–H and O–H groups in total. The molecule has 3 heteroatoms. The molecular weight excluding hydrogens is 210 g/mol. The van der Waals surface area contributed by atoms with E-state index in [9.17, 15) is 0 Å². The second kappa shape index (κ2) is 4.58. The molecule has 0 fully saturated rings. The topological polar surface area (TPSA) is 41.6 Å². The first kappa shape index (κ1) is 11.7. The molecule has 0 amide bonds. The summed E-state index contributed by atoms with van der Waals surface area (Å²) in [6.07, 6.45) is 3.34. The Kier molecular flexibility index (Phi) is 3.14. The van der Waals surface area contributed by atoms with Crippen molar-refractivity contribution in [3.8, 4) is 6.07 Å². The number of benzene rings is 1. The summed E-state index contributed by atoms with van der Waals surface area (Å²) in [5.74, 6) is 0. The predicted octanol–water partition coefficient (Wildman–Crippen LogP) is 3.52. The molecule has 0 spiro atoms. The zero-order valence-corrected chi connectivity index (χ0v) is 10.6. The highest BCUT2D eigenvalue weighted by molar-refractivity contribution is 5.77. The van der Waals surface area contributed by atoms with Gasteiger partial charge < -0.3 is 4.57 Å². The third-order valence-corrected chi connectivity index (χ3v) is 3.38. The highest BCUT2D eigenvalue weighted by atomic mass is 15.1. The zero-order valence-electron chi connectivity index (χ0n) is 10.6. The van der Waals surface area contributed by atoms with Crippen LogP contribution in [0.2, 0.25) is 0 Å². The van der Waals surface area contributed by atoms with Gasteiger partial charge in [0.2, 0.25) is 0 Å². The Morgan fingerprint density at radius 2 is 2.06 bits per heavy atom. The number of rotatable bonds is 3. The normalized spacial score (nSPS) is 12.6. The van der Waals surface area contributed by atoms with Crippen LogP contribution >= 0.6 is 0 Å². The van der Waals surface area contributed by atoms with Crippen LogP contribution in [0.4, 0.5) is 0 Å². The minimum Gasteiger partial charge on any atom is -0.326 e. The Morgan fingerprint density at radius 1 is 1.35 bits per heavy atom. The van der Waals surface area contributed by atoms with E-state index in [1.807, 2.05) is 6.33 Å². The Hall–Kier alpha value is -1.82. The standard InChI is InChI=1S/C14H17N3/c1-4-12(5-6-15)17-9-16-13-7-10(2)11(3)8-14(13)17/h7-9,12H,4-5H2,1-3H3. The van der Waals surface area contributed by atoms with Gasteiger partial charge in [0.1, 0.15) is 0 Å². The van der Waals surface area contributed by atoms with Crippen molar-refractivity contribution in [2.75, 3.05) is 0 Å². The van der Waals surface area contributed by atoms with Gasteiger partial charge in [0, 0.05) is 6.04 Å². The number of aromatic nitrogens is 2. The minimum absolute atomic E-state index is 0.229. The number of hydrogen-bond donors (Lipinski definition) is 0. The SMILES string of the molecule is CCC(CC#N)n1cnc2cc(C)c(C)cc21. The van der Waals surface area contributed by atoms with Gasteiger partial charge >= 0.3 is 0 Å². The maximum atomic E-state index is 8.85. The van der Waals surface area contributed by atoms with Gasteiger partial charge in [0.05, 0.1) is 29.9 Å². The molecule has 0 saturated carbocycles. The van der Waals surface area contributed by atoms with Gasteiger partial charge in [-0.3, -0.25) is 0 Å².